The lowest BCUT2D eigenvalue weighted by Gasteiger charge is -2.19. The summed E-state index contributed by atoms with van der Waals surface area (Å²) in [5.74, 6) is -0.225. The van der Waals surface area contributed by atoms with Gasteiger partial charge in [0.05, 0.1) is 13.0 Å². The lowest BCUT2D eigenvalue weighted by Crippen LogP contribution is -2.22. The van der Waals surface area contributed by atoms with Crippen LogP contribution in [0.15, 0.2) is 42.5 Å². The summed E-state index contributed by atoms with van der Waals surface area (Å²) in [6.07, 6.45) is 0.0600. The van der Waals surface area contributed by atoms with E-state index in [4.69, 9.17) is 21.1 Å². The fourth-order valence-corrected chi connectivity index (χ4v) is 2.61. The monoisotopic (exact) mass is 403 g/mol. The molecule has 0 fully saturated rings. The van der Waals surface area contributed by atoms with Gasteiger partial charge in [-0.15, -0.1) is 0 Å². The molecule has 28 heavy (non-hydrogen) atoms. The third-order valence-corrected chi connectivity index (χ3v) is 4.37. The molecule has 0 radical (unpaired) electrons. The van der Waals surface area contributed by atoms with Gasteiger partial charge in [0.1, 0.15) is 5.75 Å². The maximum Gasteiger partial charge on any atom is 0.309 e. The Kier molecular flexibility index (Phi) is 7.46. The number of hydrogen-bond acceptors (Lipinski definition) is 4. The van der Waals surface area contributed by atoms with Crippen LogP contribution in [0.2, 0.25) is 5.02 Å². The second-order valence-electron chi connectivity index (χ2n) is 7.54. The number of nitrogens with one attached hydrogen (secondary N) is 1. The third kappa shape index (κ3) is 6.89. The zero-order valence-corrected chi connectivity index (χ0v) is 17.4. The van der Waals surface area contributed by atoms with Crippen LogP contribution >= 0.6 is 11.6 Å². The van der Waals surface area contributed by atoms with Crippen molar-refractivity contribution in [2.45, 2.75) is 39.5 Å². The zero-order chi connectivity index (χ0) is 20.7. The molecule has 2 aromatic carbocycles. The van der Waals surface area contributed by atoms with E-state index in [0.29, 0.717) is 16.5 Å². The molecule has 0 aromatic heterocycles. The number of carbonyl (C=O) groups excluding carboxylic acids is 2. The molecule has 6 heteroatoms. The molecule has 0 heterocycles. The number of anilines is 1. The molecule has 0 unspecified atom stereocenters. The Morgan fingerprint density at radius 1 is 1.07 bits per heavy atom. The Morgan fingerprint density at radius 3 is 2.39 bits per heavy atom. The first-order valence-corrected chi connectivity index (χ1v) is 9.48. The first-order valence-electron chi connectivity index (χ1n) is 9.10. The lowest BCUT2D eigenvalue weighted by atomic mass is 9.87. The van der Waals surface area contributed by atoms with Crippen molar-refractivity contribution in [3.8, 4) is 5.75 Å². The van der Waals surface area contributed by atoms with E-state index in [0.717, 1.165) is 5.56 Å². The number of carbonyl (C=O) groups is 2. The minimum absolute atomic E-state index is 0.0600. The summed E-state index contributed by atoms with van der Waals surface area (Å²) in [5, 5.41) is 3.19. The largest absolute Gasteiger partial charge is 0.493 e. The number of rotatable bonds is 7. The van der Waals surface area contributed by atoms with E-state index in [1.165, 1.54) is 5.56 Å². The molecule has 0 bridgehead atoms. The van der Waals surface area contributed by atoms with Gasteiger partial charge in [0.15, 0.2) is 6.61 Å². The van der Waals surface area contributed by atoms with Gasteiger partial charge in [0.25, 0.3) is 5.91 Å². The predicted octanol–water partition coefficient (Wildman–Crippen LogP) is 4.90. The molecule has 0 saturated heterocycles. The van der Waals surface area contributed by atoms with Crippen molar-refractivity contribution in [1.82, 2.24) is 0 Å². The number of halogens is 1. The minimum Gasteiger partial charge on any atom is -0.493 e. The summed E-state index contributed by atoms with van der Waals surface area (Å²) in [6, 6.07) is 13.0. The summed E-state index contributed by atoms with van der Waals surface area (Å²) in [4.78, 5) is 23.7. The van der Waals surface area contributed by atoms with Crippen molar-refractivity contribution in [2.75, 3.05) is 18.5 Å². The van der Waals surface area contributed by atoms with Crippen LogP contribution in [0.25, 0.3) is 0 Å². The summed E-state index contributed by atoms with van der Waals surface area (Å²) in [6.45, 7) is 8.10. The van der Waals surface area contributed by atoms with E-state index >= 15 is 0 Å². The average Bonchev–Trinajstić information content (AvgIpc) is 2.63. The van der Waals surface area contributed by atoms with Gasteiger partial charge in [0, 0.05) is 10.7 Å². The Morgan fingerprint density at radius 2 is 1.75 bits per heavy atom. The van der Waals surface area contributed by atoms with E-state index in [-0.39, 0.29) is 25.0 Å². The summed E-state index contributed by atoms with van der Waals surface area (Å²) >= 11 is 5.92. The van der Waals surface area contributed by atoms with Crippen molar-refractivity contribution >= 4 is 29.2 Å². The van der Waals surface area contributed by atoms with E-state index < -0.39 is 11.9 Å². The molecule has 1 amide bonds. The van der Waals surface area contributed by atoms with Crippen LogP contribution in [0.1, 0.15) is 38.3 Å². The van der Waals surface area contributed by atoms with Crippen LogP contribution in [0.3, 0.4) is 0 Å². The fraction of sp³-hybridized carbons (Fsp3) is 0.364. The van der Waals surface area contributed by atoms with Gasteiger partial charge >= 0.3 is 5.97 Å². The van der Waals surface area contributed by atoms with Crippen molar-refractivity contribution in [1.29, 1.82) is 0 Å². The van der Waals surface area contributed by atoms with Gasteiger partial charge in [-0.25, -0.2) is 0 Å². The van der Waals surface area contributed by atoms with Crippen LogP contribution in [0.5, 0.6) is 5.75 Å². The fourth-order valence-electron chi connectivity index (χ4n) is 2.44. The summed E-state index contributed by atoms with van der Waals surface area (Å²) in [5.41, 5.74) is 2.75. The number of hydrogen-bond donors (Lipinski definition) is 1. The Labute approximate surface area is 171 Å². The predicted molar refractivity (Wildman–Crippen MR) is 111 cm³/mol. The molecule has 0 saturated carbocycles. The number of benzene rings is 2. The first-order chi connectivity index (χ1) is 13.1. The van der Waals surface area contributed by atoms with Crippen LogP contribution in [0, 0.1) is 6.92 Å². The molecular weight excluding hydrogens is 378 g/mol. The maximum atomic E-state index is 11.9. The molecular formula is C22H26ClNO4. The topological polar surface area (TPSA) is 64.6 Å². The molecule has 2 rings (SSSR count). The van der Waals surface area contributed by atoms with E-state index in [1.54, 1.807) is 18.2 Å². The summed E-state index contributed by atoms with van der Waals surface area (Å²) < 4.78 is 10.5. The van der Waals surface area contributed by atoms with Gasteiger partial charge in [-0.05, 0) is 47.7 Å². The molecule has 2 aromatic rings. The Bertz CT molecular complexity index is 825. The van der Waals surface area contributed by atoms with E-state index in [1.807, 2.05) is 31.2 Å². The van der Waals surface area contributed by atoms with Crippen molar-refractivity contribution < 1.29 is 19.1 Å². The number of amides is 1. The van der Waals surface area contributed by atoms with Crippen molar-refractivity contribution in [3.05, 3.63) is 58.6 Å². The maximum absolute atomic E-state index is 11.9. The van der Waals surface area contributed by atoms with Gasteiger partial charge < -0.3 is 14.8 Å². The first kappa shape index (κ1) is 21.8. The molecule has 1 N–H and O–H groups in total. The molecule has 5 nitrogen and oxygen atoms in total. The second-order valence-corrected chi connectivity index (χ2v) is 7.98. The standard InChI is InChI=1S/C22H26ClNO4/c1-15-5-8-17(23)13-19(15)24-20(25)14-28-21(26)11-12-27-18-9-6-16(7-10-18)22(2,3)4/h5-10,13H,11-12,14H2,1-4H3,(H,24,25). The van der Waals surface area contributed by atoms with Crippen LogP contribution in [0.4, 0.5) is 5.69 Å². The lowest BCUT2D eigenvalue weighted by molar-refractivity contribution is -0.147. The van der Waals surface area contributed by atoms with Gasteiger partial charge in [-0.2, -0.15) is 0 Å². The minimum atomic E-state index is -0.496. The molecule has 0 aliphatic rings. The molecule has 0 aliphatic heterocycles. The highest BCUT2D eigenvalue weighted by atomic mass is 35.5. The molecule has 150 valence electrons. The zero-order valence-electron chi connectivity index (χ0n) is 16.7. The number of esters is 1. The quantitative estimate of drug-likeness (QED) is 0.668. The second kappa shape index (κ2) is 9.60. The van der Waals surface area contributed by atoms with Gasteiger partial charge in [0.2, 0.25) is 0 Å². The highest BCUT2D eigenvalue weighted by molar-refractivity contribution is 6.31. The van der Waals surface area contributed by atoms with Crippen molar-refractivity contribution in [3.63, 3.8) is 0 Å². The molecule has 0 atom stereocenters. The van der Waals surface area contributed by atoms with E-state index in [2.05, 4.69) is 26.1 Å². The highest BCUT2D eigenvalue weighted by Gasteiger charge is 2.13. The Hall–Kier alpha value is -2.53. The highest BCUT2D eigenvalue weighted by Crippen LogP contribution is 2.24. The summed E-state index contributed by atoms with van der Waals surface area (Å²) in [7, 11) is 0. The molecule has 0 spiro atoms. The number of ether oxygens (including phenoxy) is 2. The SMILES string of the molecule is Cc1ccc(Cl)cc1NC(=O)COC(=O)CCOc1ccc(C(C)(C)C)cc1. The smallest absolute Gasteiger partial charge is 0.309 e. The van der Waals surface area contributed by atoms with Crippen molar-refractivity contribution in [2.24, 2.45) is 0 Å². The molecule has 0 aliphatic carbocycles. The van der Waals surface area contributed by atoms with Crippen LogP contribution in [-0.4, -0.2) is 25.1 Å². The Balaban J connectivity index is 1.71. The van der Waals surface area contributed by atoms with Crippen LogP contribution in [-0.2, 0) is 19.7 Å². The van der Waals surface area contributed by atoms with Gasteiger partial charge in [-0.1, -0.05) is 50.6 Å². The normalized spacial score (nSPS) is 11.0. The number of aryl methyl sites for hydroxylation is 1. The van der Waals surface area contributed by atoms with E-state index in [9.17, 15) is 9.59 Å². The van der Waals surface area contributed by atoms with Gasteiger partial charge in [-0.3, -0.25) is 9.59 Å². The van der Waals surface area contributed by atoms with Crippen LogP contribution < -0.4 is 10.1 Å². The average molecular weight is 404 g/mol. The third-order valence-electron chi connectivity index (χ3n) is 4.13.